The van der Waals surface area contributed by atoms with Crippen molar-refractivity contribution in [3.8, 4) is 11.1 Å². The number of thioether (sulfide) groups is 1. The minimum atomic E-state index is -1.01. The van der Waals surface area contributed by atoms with Crippen molar-refractivity contribution in [1.82, 2.24) is 25.0 Å². The average Bonchev–Trinajstić information content (AvgIpc) is 3.52. The van der Waals surface area contributed by atoms with Gasteiger partial charge < -0.3 is 20.6 Å². The molecule has 2 heterocycles. The lowest BCUT2D eigenvalue weighted by Crippen LogP contribution is -2.30. The fourth-order valence-corrected chi connectivity index (χ4v) is 6.36. The third kappa shape index (κ3) is 5.26. The number of hydrogen-bond donors (Lipinski definition) is 4. The van der Waals surface area contributed by atoms with Gasteiger partial charge in [-0.3, -0.25) is 0 Å². The lowest BCUT2D eigenvalue weighted by Gasteiger charge is -2.17. The number of nitrogens with zero attached hydrogens (tertiary/aromatic N) is 5. The Hall–Kier alpha value is -3.05. The highest BCUT2D eigenvalue weighted by Gasteiger charge is 2.44. The molecule has 0 spiro atoms. The fourth-order valence-electron chi connectivity index (χ4n) is 5.66. The highest BCUT2D eigenvalue weighted by atomic mass is 32.2. The molecule has 2 aromatic heterocycles. The monoisotopic (exact) mass is 546 g/mol. The van der Waals surface area contributed by atoms with Crippen LogP contribution >= 0.6 is 11.8 Å². The van der Waals surface area contributed by atoms with Crippen molar-refractivity contribution in [2.45, 2.75) is 68.0 Å². The number of aliphatic hydroxyl groups is 3. The Balaban J connectivity index is 1.27. The van der Waals surface area contributed by atoms with Crippen molar-refractivity contribution in [2.24, 2.45) is 5.92 Å². The first-order valence-corrected chi connectivity index (χ1v) is 14.7. The predicted molar refractivity (Wildman–Crippen MR) is 152 cm³/mol. The number of nitrogens with one attached hydrogen (secondary N) is 1. The number of fused-ring (bicyclic) bond motifs is 1. The first-order chi connectivity index (χ1) is 19.1. The largest absolute Gasteiger partial charge is 0.396 e. The predicted octanol–water partition coefficient (Wildman–Crippen LogP) is 4.02. The van der Waals surface area contributed by atoms with Crippen LogP contribution in [0.4, 0.5) is 5.82 Å². The summed E-state index contributed by atoms with van der Waals surface area (Å²) in [5, 5.41) is 43.8. The zero-order valence-corrected chi connectivity index (χ0v) is 22.7. The van der Waals surface area contributed by atoms with Crippen LogP contribution in [0.2, 0.25) is 0 Å². The van der Waals surface area contributed by atoms with Crippen LogP contribution in [0.5, 0.6) is 0 Å². The van der Waals surface area contributed by atoms with E-state index >= 15 is 0 Å². The van der Waals surface area contributed by atoms with Crippen LogP contribution in [0.3, 0.4) is 0 Å². The highest BCUT2D eigenvalue weighted by Crippen LogP contribution is 2.45. The van der Waals surface area contributed by atoms with E-state index in [0.717, 1.165) is 18.6 Å². The van der Waals surface area contributed by atoms with Gasteiger partial charge in [-0.2, -0.15) is 0 Å². The van der Waals surface area contributed by atoms with Gasteiger partial charge in [0.1, 0.15) is 6.10 Å². The molecule has 2 aliphatic carbocycles. The van der Waals surface area contributed by atoms with Gasteiger partial charge in [0, 0.05) is 24.3 Å². The molecule has 4 aromatic rings. The first kappa shape index (κ1) is 26.2. The van der Waals surface area contributed by atoms with Gasteiger partial charge in [0.05, 0.1) is 12.1 Å². The maximum absolute atomic E-state index is 10.8. The number of hydrogen-bond acceptors (Lipinski definition) is 9. The molecular weight excluding hydrogens is 512 g/mol. The van der Waals surface area contributed by atoms with Crippen molar-refractivity contribution in [3.05, 3.63) is 60.2 Å². The van der Waals surface area contributed by atoms with E-state index in [1.54, 1.807) is 16.4 Å². The summed E-state index contributed by atoms with van der Waals surface area (Å²) in [6.45, 7) is 2.08. The Bertz CT molecular complexity index is 1430. The third-order valence-corrected chi connectivity index (χ3v) is 8.91. The van der Waals surface area contributed by atoms with Gasteiger partial charge in [-0.05, 0) is 48.3 Å². The summed E-state index contributed by atoms with van der Waals surface area (Å²) in [6, 6.07) is 18.9. The van der Waals surface area contributed by atoms with E-state index in [1.807, 2.05) is 6.07 Å². The van der Waals surface area contributed by atoms with E-state index in [-0.39, 0.29) is 18.6 Å². The number of aliphatic hydroxyl groups excluding tert-OH is 3. The average molecular weight is 547 g/mol. The number of anilines is 1. The van der Waals surface area contributed by atoms with Crippen LogP contribution in [0.15, 0.2) is 59.8 Å². The number of benzene rings is 2. The molecule has 2 unspecified atom stereocenters. The second-order valence-electron chi connectivity index (χ2n) is 10.6. The second-order valence-corrected chi connectivity index (χ2v) is 11.6. The molecule has 9 nitrogen and oxygen atoms in total. The third-order valence-electron chi connectivity index (χ3n) is 7.86. The van der Waals surface area contributed by atoms with E-state index in [0.29, 0.717) is 40.9 Å². The fraction of sp³-hybridized carbons (Fsp3) is 0.448. The molecule has 2 aromatic carbocycles. The molecule has 4 N–H and O–H groups in total. The van der Waals surface area contributed by atoms with Crippen molar-refractivity contribution >= 4 is 28.7 Å². The number of aromatic nitrogens is 5. The summed E-state index contributed by atoms with van der Waals surface area (Å²) in [7, 11) is 0. The van der Waals surface area contributed by atoms with Crippen molar-refractivity contribution in [2.75, 3.05) is 17.7 Å². The summed E-state index contributed by atoms with van der Waals surface area (Å²) < 4.78 is 1.64. The molecule has 0 saturated heterocycles. The maximum atomic E-state index is 10.8. The molecule has 0 amide bonds. The molecule has 6 rings (SSSR count). The highest BCUT2D eigenvalue weighted by molar-refractivity contribution is 7.99. The van der Waals surface area contributed by atoms with Gasteiger partial charge in [0.25, 0.3) is 0 Å². The van der Waals surface area contributed by atoms with Gasteiger partial charge in [0.2, 0.25) is 0 Å². The van der Waals surface area contributed by atoms with Crippen LogP contribution in [-0.2, 0) is 0 Å². The zero-order chi connectivity index (χ0) is 26.9. The topological polar surface area (TPSA) is 129 Å². The summed E-state index contributed by atoms with van der Waals surface area (Å²) in [4.78, 5) is 9.58. The minimum absolute atomic E-state index is 0.0376. The number of rotatable bonds is 10. The molecular formula is C29H34N6O3S. The molecule has 0 radical (unpaired) electrons. The first-order valence-electron chi connectivity index (χ1n) is 13.7. The van der Waals surface area contributed by atoms with Crippen LogP contribution in [0.1, 0.15) is 50.1 Å². The van der Waals surface area contributed by atoms with Crippen molar-refractivity contribution in [3.63, 3.8) is 0 Å². The molecule has 2 saturated carbocycles. The van der Waals surface area contributed by atoms with Gasteiger partial charge in [-0.1, -0.05) is 78.5 Å². The Kier molecular flexibility index (Phi) is 7.53. The van der Waals surface area contributed by atoms with Gasteiger partial charge in [-0.15, -0.1) is 5.10 Å². The molecule has 204 valence electrons. The van der Waals surface area contributed by atoms with Crippen LogP contribution in [0.25, 0.3) is 22.3 Å². The van der Waals surface area contributed by atoms with E-state index in [2.05, 4.69) is 71.1 Å². The summed E-state index contributed by atoms with van der Waals surface area (Å²) in [6.07, 6.45) is 0.975. The SMILES string of the molecule is CCCSc1nc(NC2CC2c2cccc(-c3ccccc3)c2)c2nnn([C@@H]3C[C@H](CCO)[C@@H](O)[C@H]3O)c2n1. The summed E-state index contributed by atoms with van der Waals surface area (Å²) >= 11 is 1.58. The van der Waals surface area contributed by atoms with E-state index in [9.17, 15) is 15.3 Å². The maximum Gasteiger partial charge on any atom is 0.191 e. The molecule has 39 heavy (non-hydrogen) atoms. The lowest BCUT2D eigenvalue weighted by atomic mass is 10.0. The zero-order valence-electron chi connectivity index (χ0n) is 21.9. The molecule has 0 aliphatic heterocycles. The Morgan fingerprint density at radius 2 is 1.82 bits per heavy atom. The lowest BCUT2D eigenvalue weighted by molar-refractivity contribution is 0.00107. The van der Waals surface area contributed by atoms with Crippen LogP contribution in [0, 0.1) is 5.92 Å². The molecule has 2 aliphatic rings. The molecule has 10 heteroatoms. The smallest absolute Gasteiger partial charge is 0.191 e. The van der Waals surface area contributed by atoms with E-state index < -0.39 is 18.2 Å². The van der Waals surface area contributed by atoms with Crippen LogP contribution in [-0.4, -0.2) is 70.9 Å². The second kappa shape index (κ2) is 11.2. The van der Waals surface area contributed by atoms with Crippen molar-refractivity contribution < 1.29 is 15.3 Å². The van der Waals surface area contributed by atoms with Gasteiger partial charge >= 0.3 is 0 Å². The summed E-state index contributed by atoms with van der Waals surface area (Å²) in [5.74, 6) is 1.69. The minimum Gasteiger partial charge on any atom is -0.396 e. The quantitative estimate of drug-likeness (QED) is 0.172. The van der Waals surface area contributed by atoms with E-state index in [4.69, 9.17) is 9.97 Å². The van der Waals surface area contributed by atoms with Gasteiger partial charge in [-0.25, -0.2) is 14.6 Å². The Labute approximate surface area is 231 Å². The Morgan fingerprint density at radius 3 is 2.62 bits per heavy atom. The van der Waals surface area contributed by atoms with Crippen molar-refractivity contribution in [1.29, 1.82) is 0 Å². The van der Waals surface area contributed by atoms with E-state index in [1.165, 1.54) is 16.7 Å². The normalized spacial score (nSPS) is 26.3. The van der Waals surface area contributed by atoms with Crippen LogP contribution < -0.4 is 5.32 Å². The van der Waals surface area contributed by atoms with Gasteiger partial charge in [0.15, 0.2) is 22.1 Å². The molecule has 6 atom stereocenters. The molecule has 2 fully saturated rings. The Morgan fingerprint density at radius 1 is 1.00 bits per heavy atom. The molecule has 0 bridgehead atoms. The summed E-state index contributed by atoms with van der Waals surface area (Å²) in [5.41, 5.74) is 4.82. The standard InChI is InChI=1S/C29H34N6O3S/c1-2-13-39-29-31-27(24-28(32-29)35(34-33-24)23-15-20(11-12-36)25(37)26(23)38)30-22-16-21(22)19-10-6-9-18(14-19)17-7-4-3-5-8-17/h3-10,14,20-23,25-26,36-38H,2,11-13,15-16H2,1H3,(H,30,31,32)/t20-,21?,22?,23+,25+,26-/m0/s1.